The van der Waals surface area contributed by atoms with E-state index >= 15 is 0 Å². The van der Waals surface area contributed by atoms with Gasteiger partial charge >= 0.3 is 5.69 Å². The molecule has 0 N–H and O–H groups in total. The molecule has 1 saturated heterocycles. The maximum Gasteiger partial charge on any atom is 0.331 e. The Hall–Kier alpha value is -2.64. The lowest BCUT2D eigenvalue weighted by Crippen LogP contribution is -2.42. The Morgan fingerprint density at radius 2 is 1.74 bits per heavy atom. The number of nitrogens with zero attached hydrogens (tertiary/aromatic N) is 3. The molecule has 2 heterocycles. The summed E-state index contributed by atoms with van der Waals surface area (Å²) in [7, 11) is 1.76. The normalized spacial score (nSPS) is 14.9. The summed E-state index contributed by atoms with van der Waals surface area (Å²) in [5, 5.41) is 0. The molecule has 7 heteroatoms. The molecule has 0 saturated carbocycles. The smallest absolute Gasteiger partial charge is 0.331 e. The number of hydrogen-bond acceptors (Lipinski definition) is 4. The van der Waals surface area contributed by atoms with Crippen LogP contribution >= 0.6 is 15.9 Å². The van der Waals surface area contributed by atoms with Gasteiger partial charge in [-0.2, -0.15) is 0 Å². The van der Waals surface area contributed by atoms with Crippen LogP contribution in [0.25, 0.3) is 0 Å². The molecule has 1 aromatic heterocycles. The largest absolute Gasteiger partial charge is 0.494 e. The third-order valence-corrected chi connectivity index (χ3v) is 7.39. The van der Waals surface area contributed by atoms with Crippen LogP contribution in [0.5, 0.6) is 5.75 Å². The van der Waals surface area contributed by atoms with Gasteiger partial charge in [-0.15, -0.1) is 0 Å². The number of benzene rings is 2. The van der Waals surface area contributed by atoms with E-state index in [4.69, 9.17) is 4.74 Å². The van der Waals surface area contributed by atoms with Crippen molar-refractivity contribution in [2.45, 2.75) is 39.3 Å². The van der Waals surface area contributed by atoms with Crippen molar-refractivity contribution < 1.29 is 4.74 Å². The summed E-state index contributed by atoms with van der Waals surface area (Å²) in [6.45, 7) is 5.47. The lowest BCUT2D eigenvalue weighted by atomic mass is 9.90. The monoisotopic (exact) mass is 525 g/mol. The molecule has 2 aromatic carbocycles. The number of rotatable bonds is 8. The van der Waals surface area contributed by atoms with Gasteiger partial charge < -0.3 is 4.74 Å². The van der Waals surface area contributed by atoms with Crippen molar-refractivity contribution in [3.63, 3.8) is 0 Å². The summed E-state index contributed by atoms with van der Waals surface area (Å²) in [5.41, 5.74) is 2.49. The van der Waals surface area contributed by atoms with E-state index in [1.165, 1.54) is 10.1 Å². The van der Waals surface area contributed by atoms with Crippen LogP contribution < -0.4 is 16.0 Å². The predicted molar refractivity (Wildman–Crippen MR) is 139 cm³/mol. The first kappa shape index (κ1) is 24.5. The molecule has 0 bridgehead atoms. The second kappa shape index (κ2) is 11.2. The first-order valence-electron chi connectivity index (χ1n) is 11.9. The third-order valence-electron chi connectivity index (χ3n) is 6.62. The molecule has 3 aromatic rings. The second-order valence-corrected chi connectivity index (χ2v) is 9.85. The highest BCUT2D eigenvalue weighted by molar-refractivity contribution is 9.10. The fraction of sp³-hybridized carbons (Fsp3) is 0.407. The summed E-state index contributed by atoms with van der Waals surface area (Å²) in [6, 6.07) is 17.4. The van der Waals surface area contributed by atoms with E-state index in [2.05, 4.69) is 33.0 Å². The van der Waals surface area contributed by atoms with Gasteiger partial charge in [-0.05, 0) is 74.5 Å². The molecular weight excluding hydrogens is 494 g/mol. The number of halogens is 1. The maximum absolute atomic E-state index is 12.9. The molecular formula is C27H32BrN3O3. The van der Waals surface area contributed by atoms with Crippen LogP contribution in [-0.2, 0) is 26.6 Å². The SMILES string of the molecule is CCOc1ccc(Br)c(CC2CCN(Cc3cc(=O)n(Cc4ccccc4)c(=O)n3C)CC2)c1. The number of ether oxygens (including phenoxy) is 1. The van der Waals surface area contributed by atoms with E-state index < -0.39 is 0 Å². The molecule has 0 radical (unpaired) electrons. The number of likely N-dealkylation sites (tertiary alicyclic amines) is 1. The molecule has 34 heavy (non-hydrogen) atoms. The molecule has 1 fully saturated rings. The number of piperidine rings is 1. The van der Waals surface area contributed by atoms with Crippen LogP contribution in [0, 0.1) is 5.92 Å². The lowest BCUT2D eigenvalue weighted by Gasteiger charge is -2.32. The first-order valence-corrected chi connectivity index (χ1v) is 12.7. The molecule has 0 unspecified atom stereocenters. The Morgan fingerprint density at radius 1 is 1.00 bits per heavy atom. The summed E-state index contributed by atoms with van der Waals surface area (Å²) in [4.78, 5) is 28.0. The molecule has 0 spiro atoms. The van der Waals surface area contributed by atoms with Crippen molar-refractivity contribution in [1.29, 1.82) is 0 Å². The Balaban J connectivity index is 1.38. The van der Waals surface area contributed by atoms with Crippen LogP contribution in [0.1, 0.15) is 36.6 Å². The number of hydrogen-bond donors (Lipinski definition) is 0. The Bertz CT molecular complexity index is 1230. The maximum atomic E-state index is 12.9. The quantitative estimate of drug-likeness (QED) is 0.442. The van der Waals surface area contributed by atoms with Gasteiger partial charge in [0.1, 0.15) is 5.75 Å². The number of aromatic nitrogens is 2. The van der Waals surface area contributed by atoms with Crippen LogP contribution in [0.15, 0.2) is 68.7 Å². The minimum Gasteiger partial charge on any atom is -0.494 e. The van der Waals surface area contributed by atoms with Crippen LogP contribution in [0.2, 0.25) is 0 Å². The summed E-state index contributed by atoms with van der Waals surface area (Å²) < 4.78 is 9.71. The van der Waals surface area contributed by atoms with Crippen molar-refractivity contribution in [3.05, 3.63) is 96.7 Å². The standard InChI is InChI=1S/C27H32BrN3O3/c1-3-34-24-9-10-25(28)22(16-24)15-20-11-13-30(14-12-20)19-23-17-26(32)31(27(33)29(23)2)18-21-7-5-4-6-8-21/h4-10,16-17,20H,3,11-15,18-19H2,1-2H3. The van der Waals surface area contributed by atoms with Gasteiger partial charge in [-0.3, -0.25) is 18.8 Å². The zero-order valence-electron chi connectivity index (χ0n) is 19.9. The van der Waals surface area contributed by atoms with E-state index in [9.17, 15) is 9.59 Å². The molecule has 0 aliphatic carbocycles. The zero-order valence-corrected chi connectivity index (χ0v) is 21.5. The van der Waals surface area contributed by atoms with Gasteiger partial charge in [0.05, 0.1) is 13.2 Å². The van der Waals surface area contributed by atoms with Crippen molar-refractivity contribution >= 4 is 15.9 Å². The van der Waals surface area contributed by atoms with E-state index in [0.717, 1.165) is 53.8 Å². The summed E-state index contributed by atoms with van der Waals surface area (Å²) in [6.07, 6.45) is 3.19. The van der Waals surface area contributed by atoms with E-state index in [1.54, 1.807) is 17.7 Å². The zero-order chi connectivity index (χ0) is 24.1. The van der Waals surface area contributed by atoms with Crippen LogP contribution in [0.3, 0.4) is 0 Å². The molecule has 0 amide bonds. The average Bonchev–Trinajstić information content (AvgIpc) is 2.84. The summed E-state index contributed by atoms with van der Waals surface area (Å²) >= 11 is 3.68. The second-order valence-electron chi connectivity index (χ2n) is 9.00. The minimum atomic E-state index is -0.264. The van der Waals surface area contributed by atoms with Crippen LogP contribution in [-0.4, -0.2) is 33.7 Å². The van der Waals surface area contributed by atoms with E-state index in [1.807, 2.05) is 43.3 Å². The van der Waals surface area contributed by atoms with Gasteiger partial charge in [-0.1, -0.05) is 46.3 Å². The highest BCUT2D eigenvalue weighted by Crippen LogP contribution is 2.29. The molecule has 0 atom stereocenters. The molecule has 4 rings (SSSR count). The van der Waals surface area contributed by atoms with Gasteiger partial charge in [0.15, 0.2) is 0 Å². The fourth-order valence-corrected chi connectivity index (χ4v) is 5.04. The van der Waals surface area contributed by atoms with Gasteiger partial charge in [0, 0.05) is 29.8 Å². The highest BCUT2D eigenvalue weighted by atomic mass is 79.9. The third kappa shape index (κ3) is 5.88. The van der Waals surface area contributed by atoms with E-state index in [0.29, 0.717) is 19.1 Å². The summed E-state index contributed by atoms with van der Waals surface area (Å²) in [5.74, 6) is 1.52. The van der Waals surface area contributed by atoms with Crippen molar-refractivity contribution in [2.24, 2.45) is 13.0 Å². The minimum absolute atomic E-state index is 0.240. The molecule has 1 aliphatic rings. The average molecular weight is 526 g/mol. The van der Waals surface area contributed by atoms with Gasteiger partial charge in [0.2, 0.25) is 0 Å². The van der Waals surface area contributed by atoms with E-state index in [-0.39, 0.29) is 17.8 Å². The van der Waals surface area contributed by atoms with Crippen molar-refractivity contribution in [3.8, 4) is 5.75 Å². The Kier molecular flexibility index (Phi) is 8.06. The lowest BCUT2D eigenvalue weighted by molar-refractivity contribution is 0.173. The Morgan fingerprint density at radius 3 is 2.44 bits per heavy atom. The topological polar surface area (TPSA) is 56.5 Å². The molecule has 1 aliphatic heterocycles. The first-order chi connectivity index (χ1) is 16.4. The van der Waals surface area contributed by atoms with Crippen molar-refractivity contribution in [1.82, 2.24) is 14.0 Å². The fourth-order valence-electron chi connectivity index (χ4n) is 4.63. The van der Waals surface area contributed by atoms with Gasteiger partial charge in [-0.25, -0.2) is 4.79 Å². The predicted octanol–water partition coefficient (Wildman–Crippen LogP) is 4.21. The Labute approximate surface area is 208 Å². The van der Waals surface area contributed by atoms with Crippen LogP contribution in [0.4, 0.5) is 0 Å². The van der Waals surface area contributed by atoms with Gasteiger partial charge in [0.25, 0.3) is 5.56 Å². The molecule has 6 nitrogen and oxygen atoms in total. The highest BCUT2D eigenvalue weighted by Gasteiger charge is 2.22. The van der Waals surface area contributed by atoms with Crippen molar-refractivity contribution in [2.75, 3.05) is 19.7 Å². The molecule has 180 valence electrons.